The molecular weight excluding hydrogens is 324 g/mol. The molecule has 4 nitrogen and oxygen atoms in total. The Hall–Kier alpha value is -2.62. The van der Waals surface area contributed by atoms with Crippen LogP contribution < -0.4 is 5.73 Å². The molecule has 4 heteroatoms. The van der Waals surface area contributed by atoms with Crippen molar-refractivity contribution in [1.29, 1.82) is 0 Å². The molecule has 0 radical (unpaired) electrons. The number of nitrogens with two attached hydrogens (primary N) is 1. The molecule has 0 fully saturated rings. The number of aryl methyl sites for hydroxylation is 1. The summed E-state index contributed by atoms with van der Waals surface area (Å²) in [5.74, 6) is 0.247. The predicted octanol–water partition coefficient (Wildman–Crippen LogP) is 4.20. The Kier molecular flexibility index (Phi) is 6.56. The lowest BCUT2D eigenvalue weighted by molar-refractivity contribution is 0.0600. The normalized spacial score (nSPS) is 19.1. The van der Waals surface area contributed by atoms with Crippen LogP contribution in [0.4, 0.5) is 0 Å². The first-order valence-corrected chi connectivity index (χ1v) is 8.86. The summed E-state index contributed by atoms with van der Waals surface area (Å²) in [6.07, 6.45) is 9.50. The van der Waals surface area contributed by atoms with Crippen molar-refractivity contribution < 1.29 is 9.53 Å². The van der Waals surface area contributed by atoms with E-state index in [9.17, 15) is 4.79 Å². The summed E-state index contributed by atoms with van der Waals surface area (Å²) < 4.78 is 4.88. The van der Waals surface area contributed by atoms with E-state index >= 15 is 0 Å². The van der Waals surface area contributed by atoms with E-state index in [-0.39, 0.29) is 11.9 Å². The lowest BCUT2D eigenvalue weighted by Crippen LogP contribution is -2.22. The highest BCUT2D eigenvalue weighted by molar-refractivity contribution is 6.13. The zero-order valence-corrected chi connectivity index (χ0v) is 16.2. The maximum atomic E-state index is 12.0. The van der Waals surface area contributed by atoms with Gasteiger partial charge in [0.15, 0.2) is 0 Å². The first kappa shape index (κ1) is 19.7. The van der Waals surface area contributed by atoms with Crippen molar-refractivity contribution in [3.05, 3.63) is 70.5 Å². The van der Waals surface area contributed by atoms with Gasteiger partial charge >= 0.3 is 5.97 Å². The van der Waals surface area contributed by atoms with Gasteiger partial charge in [-0.05, 0) is 43.4 Å². The molecule has 2 rings (SSSR count). The summed E-state index contributed by atoms with van der Waals surface area (Å²) in [7, 11) is 3.14. The van der Waals surface area contributed by atoms with E-state index in [0.717, 1.165) is 34.5 Å². The van der Waals surface area contributed by atoms with Gasteiger partial charge in [0.05, 0.1) is 18.4 Å². The summed E-state index contributed by atoms with van der Waals surface area (Å²) in [5.41, 5.74) is 11.4. The zero-order chi connectivity index (χ0) is 19.3. The molecule has 2 N–H and O–H groups in total. The molecule has 138 valence electrons. The molecule has 0 aliphatic heterocycles. The van der Waals surface area contributed by atoms with Crippen molar-refractivity contribution in [2.24, 2.45) is 22.6 Å². The van der Waals surface area contributed by atoms with Gasteiger partial charge in [0.25, 0.3) is 0 Å². The zero-order valence-electron chi connectivity index (χ0n) is 16.2. The average Bonchev–Trinajstić information content (AvgIpc) is 2.68. The molecule has 1 aromatic rings. The van der Waals surface area contributed by atoms with Gasteiger partial charge in [-0.15, -0.1) is 0 Å². The first-order valence-electron chi connectivity index (χ1n) is 8.86. The molecule has 0 heterocycles. The summed E-state index contributed by atoms with van der Waals surface area (Å²) in [6, 6.07) is 5.71. The van der Waals surface area contributed by atoms with E-state index < -0.39 is 0 Å². The highest BCUT2D eigenvalue weighted by Crippen LogP contribution is 2.28. The van der Waals surface area contributed by atoms with Crippen LogP contribution in [-0.2, 0) is 4.74 Å². The lowest BCUT2D eigenvalue weighted by atomic mass is 9.83. The van der Waals surface area contributed by atoms with Gasteiger partial charge in [0, 0.05) is 24.2 Å². The molecule has 2 unspecified atom stereocenters. The smallest absolute Gasteiger partial charge is 0.338 e. The number of benzene rings is 1. The topological polar surface area (TPSA) is 64.7 Å². The lowest BCUT2D eigenvalue weighted by Gasteiger charge is -2.24. The quantitative estimate of drug-likeness (QED) is 0.638. The number of carbonyl (C=O) groups is 1. The molecule has 0 spiro atoms. The fraction of sp³-hybridized carbons (Fsp3) is 0.364. The Morgan fingerprint density at radius 2 is 2.08 bits per heavy atom. The van der Waals surface area contributed by atoms with Crippen molar-refractivity contribution in [3.8, 4) is 0 Å². The molecule has 26 heavy (non-hydrogen) atoms. The maximum Gasteiger partial charge on any atom is 0.338 e. The van der Waals surface area contributed by atoms with Crippen molar-refractivity contribution in [2.75, 3.05) is 14.2 Å². The van der Waals surface area contributed by atoms with Crippen LogP contribution >= 0.6 is 0 Å². The number of aliphatic imine (C=N–C) groups is 1. The molecule has 0 amide bonds. The van der Waals surface area contributed by atoms with E-state index in [2.05, 4.69) is 36.2 Å². The van der Waals surface area contributed by atoms with Gasteiger partial charge in [-0.25, -0.2) is 4.79 Å². The predicted molar refractivity (Wildman–Crippen MR) is 107 cm³/mol. The van der Waals surface area contributed by atoms with Crippen LogP contribution in [0.2, 0.25) is 0 Å². The number of rotatable bonds is 5. The number of methoxy groups -OCH3 is 1. The minimum atomic E-state index is -0.345. The number of esters is 1. The van der Waals surface area contributed by atoms with Crippen LogP contribution in [0.1, 0.15) is 41.8 Å². The van der Waals surface area contributed by atoms with Crippen LogP contribution in [0.5, 0.6) is 0 Å². The Balaban J connectivity index is 2.39. The average molecular weight is 352 g/mol. The highest BCUT2D eigenvalue weighted by atomic mass is 16.5. The first-order chi connectivity index (χ1) is 12.4. The van der Waals surface area contributed by atoms with Crippen molar-refractivity contribution in [3.63, 3.8) is 0 Å². The number of ether oxygens (including phenoxy) is 1. The number of hydrogen-bond acceptors (Lipinski definition) is 4. The minimum Gasteiger partial charge on any atom is -0.465 e. The third-order valence-corrected chi connectivity index (χ3v) is 5.07. The second-order valence-corrected chi connectivity index (χ2v) is 6.68. The minimum absolute atomic E-state index is 0.207. The molecule has 1 aliphatic rings. The molecule has 0 bridgehead atoms. The molecular formula is C22H28N2O2. The highest BCUT2D eigenvalue weighted by Gasteiger charge is 2.21. The van der Waals surface area contributed by atoms with E-state index in [1.807, 2.05) is 32.0 Å². The number of carbonyl (C=O) groups excluding carboxylic acids is 1. The SMILES string of the molecule is C/N=C(\C(C)=C(\N)C(C)C1C=CC=CC1)c1ccc(C)c(C(=O)OC)c1. The molecule has 0 saturated heterocycles. The number of allylic oxidation sites excluding steroid dienone is 6. The van der Waals surface area contributed by atoms with Crippen LogP contribution in [0.15, 0.2) is 58.8 Å². The summed E-state index contributed by atoms with van der Waals surface area (Å²) in [6.45, 7) is 6.03. The van der Waals surface area contributed by atoms with Crippen LogP contribution in [0.3, 0.4) is 0 Å². The fourth-order valence-electron chi connectivity index (χ4n) is 3.29. The summed E-state index contributed by atoms with van der Waals surface area (Å²) in [5, 5.41) is 0. The van der Waals surface area contributed by atoms with Crippen molar-refractivity contribution in [2.45, 2.75) is 27.2 Å². The van der Waals surface area contributed by atoms with Crippen LogP contribution in [0.25, 0.3) is 0 Å². The van der Waals surface area contributed by atoms with Gasteiger partial charge in [-0.2, -0.15) is 0 Å². The molecule has 2 atom stereocenters. The van der Waals surface area contributed by atoms with Crippen LogP contribution in [0, 0.1) is 18.8 Å². The van der Waals surface area contributed by atoms with Gasteiger partial charge in [-0.3, -0.25) is 4.99 Å². The van der Waals surface area contributed by atoms with Gasteiger partial charge < -0.3 is 10.5 Å². The second-order valence-electron chi connectivity index (χ2n) is 6.68. The van der Waals surface area contributed by atoms with Crippen LogP contribution in [-0.4, -0.2) is 25.8 Å². The Bertz CT molecular complexity index is 800. The third kappa shape index (κ3) is 4.13. The summed E-state index contributed by atoms with van der Waals surface area (Å²) in [4.78, 5) is 16.5. The van der Waals surface area contributed by atoms with E-state index in [1.54, 1.807) is 7.05 Å². The second kappa shape index (κ2) is 8.65. The van der Waals surface area contributed by atoms with E-state index in [4.69, 9.17) is 10.5 Å². The van der Waals surface area contributed by atoms with Gasteiger partial charge in [-0.1, -0.05) is 43.4 Å². The van der Waals surface area contributed by atoms with Crippen molar-refractivity contribution in [1.82, 2.24) is 0 Å². The molecule has 0 saturated carbocycles. The van der Waals surface area contributed by atoms with Crippen molar-refractivity contribution >= 4 is 11.7 Å². The summed E-state index contributed by atoms with van der Waals surface area (Å²) >= 11 is 0. The molecule has 1 aliphatic carbocycles. The molecule has 1 aromatic carbocycles. The molecule has 0 aromatic heterocycles. The Morgan fingerprint density at radius 3 is 2.65 bits per heavy atom. The standard InChI is InChI=1S/C22H28N2O2/c1-14-11-12-18(13-19(14)22(25)26-5)21(24-4)16(3)20(23)15(2)17-9-7-6-8-10-17/h6-9,11-13,15,17H,10,23H2,1-5H3/b20-16+,24-21+. The Morgan fingerprint density at radius 1 is 1.35 bits per heavy atom. The number of nitrogens with zero attached hydrogens (tertiary/aromatic N) is 1. The fourth-order valence-corrected chi connectivity index (χ4v) is 3.29. The van der Waals surface area contributed by atoms with Gasteiger partial charge in [0.1, 0.15) is 0 Å². The van der Waals surface area contributed by atoms with E-state index in [0.29, 0.717) is 11.5 Å². The largest absolute Gasteiger partial charge is 0.465 e. The monoisotopic (exact) mass is 352 g/mol. The Labute approximate surface area is 156 Å². The van der Waals surface area contributed by atoms with Gasteiger partial charge in [0.2, 0.25) is 0 Å². The third-order valence-electron chi connectivity index (χ3n) is 5.07. The number of hydrogen-bond donors (Lipinski definition) is 1. The maximum absolute atomic E-state index is 12.0. The van der Waals surface area contributed by atoms with E-state index in [1.165, 1.54) is 7.11 Å².